The number of carbonyl (C=O) groups is 2. The lowest BCUT2D eigenvalue weighted by Gasteiger charge is -2.57. The van der Waals surface area contributed by atoms with Crippen LogP contribution in [0.3, 0.4) is 0 Å². The second-order valence-corrected chi connectivity index (χ2v) is 11.0. The van der Waals surface area contributed by atoms with Crippen molar-refractivity contribution in [1.29, 1.82) is 0 Å². The summed E-state index contributed by atoms with van der Waals surface area (Å²) >= 11 is 0. The number of nitrogens with two attached hydrogens (primary N) is 1. The van der Waals surface area contributed by atoms with Gasteiger partial charge in [0.2, 0.25) is 5.88 Å². The summed E-state index contributed by atoms with van der Waals surface area (Å²) in [7, 11) is 0. The minimum Gasteiger partial charge on any atom is -0.485 e. The molecule has 3 aliphatic rings. The number of aromatic nitrogens is 3. The molecule has 38 heavy (non-hydrogen) atoms. The van der Waals surface area contributed by atoms with Gasteiger partial charge in [-0.25, -0.2) is 18.3 Å². The van der Waals surface area contributed by atoms with Crippen LogP contribution >= 0.6 is 0 Å². The third kappa shape index (κ3) is 4.65. The average molecular weight is 526 g/mol. The van der Waals surface area contributed by atoms with E-state index >= 15 is 0 Å². The monoisotopic (exact) mass is 525 g/mol. The van der Waals surface area contributed by atoms with Crippen molar-refractivity contribution in [2.24, 2.45) is 11.1 Å². The molecule has 200 valence electrons. The van der Waals surface area contributed by atoms with Gasteiger partial charge in [-0.15, -0.1) is 0 Å². The minimum absolute atomic E-state index is 0.0378. The highest BCUT2D eigenvalue weighted by Gasteiger charge is 2.54. The highest BCUT2D eigenvalue weighted by Crippen LogP contribution is 2.57. The summed E-state index contributed by atoms with van der Waals surface area (Å²) in [4.78, 5) is 28.8. The van der Waals surface area contributed by atoms with Crippen LogP contribution in [0.1, 0.15) is 77.8 Å². The molecule has 3 aromatic rings. The zero-order chi connectivity index (χ0) is 26.7. The van der Waals surface area contributed by atoms with Crippen molar-refractivity contribution < 1.29 is 27.8 Å². The van der Waals surface area contributed by atoms with Crippen LogP contribution in [-0.2, 0) is 0 Å². The molecule has 0 aromatic carbocycles. The van der Waals surface area contributed by atoms with Crippen molar-refractivity contribution >= 4 is 17.3 Å². The van der Waals surface area contributed by atoms with Crippen LogP contribution in [-0.4, -0.2) is 51.1 Å². The zero-order valence-corrected chi connectivity index (χ0v) is 21.0. The predicted octanol–water partition coefficient (Wildman–Crippen LogP) is 3.86. The van der Waals surface area contributed by atoms with E-state index in [0.717, 1.165) is 51.1 Å². The largest absolute Gasteiger partial charge is 0.485 e. The molecule has 2 amide bonds. The fourth-order valence-electron chi connectivity index (χ4n) is 5.79. The second kappa shape index (κ2) is 8.92. The summed E-state index contributed by atoms with van der Waals surface area (Å²) in [6.45, 7) is 0.108. The Morgan fingerprint density at radius 2 is 1.95 bits per heavy atom. The predicted molar refractivity (Wildman–Crippen MR) is 133 cm³/mol. The first-order valence-electron chi connectivity index (χ1n) is 12.8. The molecular weight excluding hydrogens is 496 g/mol. The van der Waals surface area contributed by atoms with Crippen LogP contribution < -0.4 is 20.5 Å². The lowest BCUT2D eigenvalue weighted by Crippen LogP contribution is -2.58. The maximum Gasteiger partial charge on any atom is 0.278 e. The molecule has 0 saturated heterocycles. The zero-order valence-electron chi connectivity index (χ0n) is 21.0. The lowest BCUT2D eigenvalue weighted by atomic mass is 9.53. The van der Waals surface area contributed by atoms with Gasteiger partial charge < -0.3 is 20.5 Å². The van der Waals surface area contributed by atoms with E-state index in [1.54, 1.807) is 35.0 Å². The number of carbonyl (C=O) groups excluding carboxylic acids is 2. The summed E-state index contributed by atoms with van der Waals surface area (Å²) in [5, 5.41) is 7.53. The molecule has 3 heterocycles. The van der Waals surface area contributed by atoms with Crippen LogP contribution in [0.25, 0.3) is 5.52 Å². The van der Waals surface area contributed by atoms with E-state index in [-0.39, 0.29) is 40.8 Å². The van der Waals surface area contributed by atoms with E-state index in [1.165, 1.54) is 6.20 Å². The van der Waals surface area contributed by atoms with Crippen molar-refractivity contribution in [3.05, 3.63) is 53.5 Å². The first-order valence-corrected chi connectivity index (χ1v) is 12.8. The smallest absolute Gasteiger partial charge is 0.278 e. The fourth-order valence-corrected chi connectivity index (χ4v) is 5.79. The number of halogens is 2. The van der Waals surface area contributed by atoms with Gasteiger partial charge in [-0.1, -0.05) is 0 Å². The van der Waals surface area contributed by atoms with Crippen LogP contribution in [0.5, 0.6) is 11.6 Å². The van der Waals surface area contributed by atoms with Crippen LogP contribution in [0, 0.1) is 5.41 Å². The molecule has 0 unspecified atom stereocenters. The Bertz CT molecular complexity index is 1400. The molecule has 9 nitrogen and oxygen atoms in total. The molecule has 0 radical (unpaired) electrons. The van der Waals surface area contributed by atoms with Crippen molar-refractivity contribution in [3.8, 4) is 11.6 Å². The second-order valence-electron chi connectivity index (χ2n) is 11.0. The molecule has 3 aliphatic carbocycles. The summed E-state index contributed by atoms with van der Waals surface area (Å²) in [6, 6.07) is 6.65. The first kappa shape index (κ1) is 24.6. The topological polar surface area (TPSA) is 121 Å². The minimum atomic E-state index is -2.94. The molecule has 3 aromatic heterocycles. The van der Waals surface area contributed by atoms with Gasteiger partial charge >= 0.3 is 0 Å². The van der Waals surface area contributed by atoms with Gasteiger partial charge in [0.05, 0.1) is 23.0 Å². The van der Waals surface area contributed by atoms with Crippen molar-refractivity contribution in [2.45, 2.75) is 69.4 Å². The summed E-state index contributed by atoms with van der Waals surface area (Å²) in [6.07, 6.45) is 8.26. The SMILES string of the molecule is CC(F)(F)COc1ccc2c(C(=O)NC3CC4(C3)CC(Oc3ncccc3C(N)=O)C4)cnn2c1C1CC1. The van der Waals surface area contributed by atoms with Crippen LogP contribution in [0.2, 0.25) is 0 Å². The maximum atomic E-state index is 13.4. The van der Waals surface area contributed by atoms with E-state index < -0.39 is 18.4 Å². The van der Waals surface area contributed by atoms with Gasteiger partial charge in [0, 0.05) is 25.1 Å². The van der Waals surface area contributed by atoms with Gasteiger partial charge in [0.15, 0.2) is 6.61 Å². The highest BCUT2D eigenvalue weighted by molar-refractivity contribution is 6.01. The number of rotatable bonds is 9. The highest BCUT2D eigenvalue weighted by atomic mass is 19.3. The van der Waals surface area contributed by atoms with Gasteiger partial charge in [-0.2, -0.15) is 5.10 Å². The lowest BCUT2D eigenvalue weighted by molar-refractivity contribution is -0.0848. The fraction of sp³-hybridized carbons (Fsp3) is 0.481. The number of hydrogen-bond donors (Lipinski definition) is 2. The number of hydrogen-bond acceptors (Lipinski definition) is 6. The molecule has 3 N–H and O–H groups in total. The van der Waals surface area contributed by atoms with Crippen LogP contribution in [0.15, 0.2) is 36.7 Å². The number of primary amides is 1. The molecule has 0 aliphatic heterocycles. The van der Waals surface area contributed by atoms with E-state index in [2.05, 4.69) is 15.4 Å². The normalized spacial score (nSPS) is 24.5. The molecule has 6 rings (SSSR count). The van der Waals surface area contributed by atoms with Gasteiger partial charge in [0.1, 0.15) is 17.4 Å². The Kier molecular flexibility index (Phi) is 5.77. The third-order valence-corrected chi connectivity index (χ3v) is 7.70. The van der Waals surface area contributed by atoms with Crippen molar-refractivity contribution in [2.75, 3.05) is 6.61 Å². The number of ether oxygens (including phenoxy) is 2. The van der Waals surface area contributed by atoms with Gasteiger partial charge in [-0.3, -0.25) is 9.59 Å². The molecule has 11 heteroatoms. The molecular formula is C27H29F2N5O4. The molecule has 0 bridgehead atoms. The van der Waals surface area contributed by atoms with E-state index in [0.29, 0.717) is 16.8 Å². The Labute approximate surface area is 217 Å². The van der Waals surface area contributed by atoms with Gasteiger partial charge in [-0.05, 0) is 68.2 Å². The van der Waals surface area contributed by atoms with E-state index in [4.69, 9.17) is 15.2 Å². The summed E-state index contributed by atoms with van der Waals surface area (Å²) in [5.74, 6) is -2.89. The number of nitrogens with zero attached hydrogens (tertiary/aromatic N) is 3. The quantitative estimate of drug-likeness (QED) is 0.438. The number of fused-ring (bicyclic) bond motifs is 1. The number of nitrogens with one attached hydrogen (secondary N) is 1. The Hall–Kier alpha value is -3.76. The molecule has 3 saturated carbocycles. The van der Waals surface area contributed by atoms with E-state index in [9.17, 15) is 18.4 Å². The van der Waals surface area contributed by atoms with Crippen molar-refractivity contribution in [3.63, 3.8) is 0 Å². The average Bonchev–Trinajstić information content (AvgIpc) is 3.56. The Morgan fingerprint density at radius 3 is 2.63 bits per heavy atom. The number of amides is 2. The Morgan fingerprint density at radius 1 is 1.18 bits per heavy atom. The molecule has 1 spiro atoms. The standard InChI is InChI=1S/C27H29F2N5O4/c1-26(28,29)14-37-21-7-6-20-19(13-32-34(20)22(21)15-4-5-15)24(36)33-16-9-27(10-16)11-17(12-27)38-25-18(23(30)35)3-2-8-31-25/h2-3,6-8,13,15-17H,4-5,9-12,14H2,1H3,(H2,30,35)(H,33,36). The molecule has 3 fully saturated rings. The maximum absolute atomic E-state index is 13.4. The van der Waals surface area contributed by atoms with Crippen LogP contribution in [0.4, 0.5) is 8.78 Å². The van der Waals surface area contributed by atoms with E-state index in [1.807, 2.05) is 0 Å². The van der Waals surface area contributed by atoms with Crippen molar-refractivity contribution in [1.82, 2.24) is 19.9 Å². The Balaban J connectivity index is 1.07. The number of alkyl halides is 2. The first-order chi connectivity index (χ1) is 18.1. The molecule has 0 atom stereocenters. The summed E-state index contributed by atoms with van der Waals surface area (Å²) in [5.41, 5.74) is 7.61. The number of pyridine rings is 2. The van der Waals surface area contributed by atoms with Gasteiger partial charge in [0.25, 0.3) is 17.7 Å². The third-order valence-electron chi connectivity index (χ3n) is 7.70. The summed E-state index contributed by atoms with van der Waals surface area (Å²) < 4.78 is 39.7.